The lowest BCUT2D eigenvalue weighted by Gasteiger charge is -2.19. The maximum Gasteiger partial charge on any atom is 0.407 e. The first-order chi connectivity index (χ1) is 16.0. The molecule has 2 aromatic rings. The van der Waals surface area contributed by atoms with E-state index in [1.54, 1.807) is 0 Å². The van der Waals surface area contributed by atoms with Gasteiger partial charge in [0.25, 0.3) is 0 Å². The number of hydrogen-bond acceptors (Lipinski definition) is 4. The van der Waals surface area contributed by atoms with Crippen molar-refractivity contribution in [2.24, 2.45) is 11.8 Å². The van der Waals surface area contributed by atoms with Crippen molar-refractivity contribution in [3.63, 3.8) is 0 Å². The van der Waals surface area contributed by atoms with E-state index in [1.807, 2.05) is 30.2 Å². The second kappa shape index (κ2) is 10.2. The van der Waals surface area contributed by atoms with Crippen LogP contribution in [0.25, 0.3) is 11.1 Å². The summed E-state index contributed by atoms with van der Waals surface area (Å²) in [6.45, 7) is 0.598. The Kier molecular flexibility index (Phi) is 6.94. The number of amides is 2. The molecule has 3 N–H and O–H groups in total. The van der Waals surface area contributed by atoms with Crippen LogP contribution in [0.3, 0.4) is 0 Å². The summed E-state index contributed by atoms with van der Waals surface area (Å²) in [6, 6.07) is 16.3. The van der Waals surface area contributed by atoms with Crippen molar-refractivity contribution in [3.8, 4) is 23.0 Å². The first-order valence-electron chi connectivity index (χ1n) is 11.1. The minimum Gasteiger partial charge on any atom is -0.472 e. The molecule has 1 fully saturated rings. The lowest BCUT2D eigenvalue weighted by atomic mass is 9.95. The standard InChI is InChI=1S/C26H26N2O5/c29-24(30)13-6-14-27-25(31)18-12-5-7-17(18)15-28-26(32)33-16-23-21-10-3-1-8-19(21)20-9-2-4-11-22(20)23/h1-4,8-11,17-18,23H,5,7,12,14-16H2,(H,27,31)(H,28,32)(H,29,30). The minimum atomic E-state index is -1.23. The average Bonchev–Trinajstić information content (AvgIpc) is 3.42. The molecule has 170 valence electrons. The summed E-state index contributed by atoms with van der Waals surface area (Å²) in [5.74, 6) is 2.76. The molecule has 33 heavy (non-hydrogen) atoms. The van der Waals surface area contributed by atoms with Crippen molar-refractivity contribution in [2.75, 3.05) is 19.7 Å². The van der Waals surface area contributed by atoms with Gasteiger partial charge in [-0.05, 0) is 41.0 Å². The van der Waals surface area contributed by atoms with Gasteiger partial charge in [0.15, 0.2) is 0 Å². The van der Waals surface area contributed by atoms with E-state index in [-0.39, 0.29) is 36.8 Å². The SMILES string of the molecule is O=C(O)C#CCNC(=O)C1CCCC1CNC(=O)OCC1c2ccccc2-c2ccccc21. The van der Waals surface area contributed by atoms with Crippen molar-refractivity contribution in [2.45, 2.75) is 25.2 Å². The molecule has 2 aliphatic rings. The van der Waals surface area contributed by atoms with E-state index in [1.165, 1.54) is 11.1 Å². The fourth-order valence-corrected chi connectivity index (χ4v) is 4.87. The largest absolute Gasteiger partial charge is 0.472 e. The summed E-state index contributed by atoms with van der Waals surface area (Å²) < 4.78 is 5.57. The number of benzene rings is 2. The molecule has 0 aromatic heterocycles. The van der Waals surface area contributed by atoms with Crippen LogP contribution in [0, 0.1) is 23.7 Å². The Hall–Kier alpha value is -3.79. The van der Waals surface area contributed by atoms with Crippen LogP contribution in [0.4, 0.5) is 4.79 Å². The number of carboxylic acid groups (broad SMARTS) is 1. The summed E-state index contributed by atoms with van der Waals surface area (Å²) in [5.41, 5.74) is 4.67. The number of aliphatic carboxylic acids is 1. The maximum absolute atomic E-state index is 12.4. The van der Waals surface area contributed by atoms with Gasteiger partial charge in [0, 0.05) is 24.3 Å². The van der Waals surface area contributed by atoms with E-state index in [0.717, 1.165) is 30.4 Å². The molecule has 2 amide bonds. The molecule has 7 heteroatoms. The summed E-state index contributed by atoms with van der Waals surface area (Å²) in [6.07, 6.45) is 1.98. The monoisotopic (exact) mass is 446 g/mol. The van der Waals surface area contributed by atoms with Gasteiger partial charge < -0.3 is 20.5 Å². The highest BCUT2D eigenvalue weighted by atomic mass is 16.5. The smallest absolute Gasteiger partial charge is 0.407 e. The quantitative estimate of drug-likeness (QED) is 0.592. The van der Waals surface area contributed by atoms with Crippen molar-refractivity contribution in [1.29, 1.82) is 0 Å². The predicted molar refractivity (Wildman–Crippen MR) is 122 cm³/mol. The molecule has 0 radical (unpaired) electrons. The van der Waals surface area contributed by atoms with Gasteiger partial charge in [-0.25, -0.2) is 9.59 Å². The highest BCUT2D eigenvalue weighted by molar-refractivity contribution is 5.86. The molecular formula is C26H26N2O5. The number of hydrogen-bond donors (Lipinski definition) is 3. The van der Waals surface area contributed by atoms with E-state index in [0.29, 0.717) is 6.54 Å². The fourth-order valence-electron chi connectivity index (χ4n) is 4.87. The van der Waals surface area contributed by atoms with E-state index < -0.39 is 12.1 Å². The van der Waals surface area contributed by atoms with E-state index in [9.17, 15) is 14.4 Å². The van der Waals surface area contributed by atoms with Gasteiger partial charge in [-0.15, -0.1) is 0 Å². The van der Waals surface area contributed by atoms with Gasteiger partial charge in [0.1, 0.15) is 6.61 Å². The van der Waals surface area contributed by atoms with Crippen molar-refractivity contribution < 1.29 is 24.2 Å². The Bertz CT molecular complexity index is 1070. The summed E-state index contributed by atoms with van der Waals surface area (Å²) in [7, 11) is 0. The minimum absolute atomic E-state index is 0.0000636. The third-order valence-electron chi connectivity index (χ3n) is 6.39. The van der Waals surface area contributed by atoms with Gasteiger partial charge in [-0.1, -0.05) is 60.9 Å². The second-order valence-electron chi connectivity index (χ2n) is 8.33. The third kappa shape index (κ3) is 5.17. The highest BCUT2D eigenvalue weighted by Gasteiger charge is 2.33. The zero-order chi connectivity index (χ0) is 23.2. The molecule has 4 rings (SSSR count). The molecule has 0 bridgehead atoms. The molecule has 2 atom stereocenters. The fraction of sp³-hybridized carbons (Fsp3) is 0.346. The summed E-state index contributed by atoms with van der Waals surface area (Å²) >= 11 is 0. The molecule has 2 aromatic carbocycles. The molecule has 0 spiro atoms. The van der Waals surface area contributed by atoms with Crippen LogP contribution in [0.1, 0.15) is 36.3 Å². The van der Waals surface area contributed by atoms with Crippen LogP contribution in [0.5, 0.6) is 0 Å². The Morgan fingerprint density at radius 3 is 2.30 bits per heavy atom. The van der Waals surface area contributed by atoms with Crippen LogP contribution < -0.4 is 10.6 Å². The number of fused-ring (bicyclic) bond motifs is 3. The number of ether oxygens (including phenoxy) is 1. The van der Waals surface area contributed by atoms with Crippen LogP contribution in [-0.4, -0.2) is 42.8 Å². The molecule has 2 unspecified atom stereocenters. The number of carboxylic acids is 1. The lowest BCUT2D eigenvalue weighted by Crippen LogP contribution is -2.38. The molecule has 1 saturated carbocycles. The van der Waals surface area contributed by atoms with E-state index >= 15 is 0 Å². The Morgan fingerprint density at radius 1 is 0.970 bits per heavy atom. The van der Waals surface area contributed by atoms with Gasteiger partial charge in [-0.3, -0.25) is 4.79 Å². The van der Waals surface area contributed by atoms with Gasteiger partial charge in [0.2, 0.25) is 5.91 Å². The Labute approximate surface area is 192 Å². The van der Waals surface area contributed by atoms with Gasteiger partial charge in [0.05, 0.1) is 6.54 Å². The highest BCUT2D eigenvalue weighted by Crippen LogP contribution is 2.44. The average molecular weight is 447 g/mol. The van der Waals surface area contributed by atoms with Gasteiger partial charge >= 0.3 is 12.1 Å². The van der Waals surface area contributed by atoms with Crippen LogP contribution >= 0.6 is 0 Å². The van der Waals surface area contributed by atoms with Crippen LogP contribution in [0.15, 0.2) is 48.5 Å². The zero-order valence-electron chi connectivity index (χ0n) is 18.2. The molecule has 0 aliphatic heterocycles. The van der Waals surface area contributed by atoms with Crippen LogP contribution in [0.2, 0.25) is 0 Å². The van der Waals surface area contributed by atoms with E-state index in [2.05, 4.69) is 40.8 Å². The van der Waals surface area contributed by atoms with Crippen molar-refractivity contribution in [3.05, 3.63) is 59.7 Å². The lowest BCUT2D eigenvalue weighted by molar-refractivity contribution is -0.130. The molecule has 0 saturated heterocycles. The molecule has 0 heterocycles. The summed E-state index contributed by atoms with van der Waals surface area (Å²) in [4.78, 5) is 35.3. The van der Waals surface area contributed by atoms with Crippen molar-refractivity contribution >= 4 is 18.0 Å². The maximum atomic E-state index is 12.4. The number of rotatable bonds is 6. The summed E-state index contributed by atoms with van der Waals surface area (Å²) in [5, 5.41) is 14.0. The molecule has 7 nitrogen and oxygen atoms in total. The zero-order valence-corrected chi connectivity index (χ0v) is 18.2. The molecular weight excluding hydrogens is 420 g/mol. The first-order valence-corrected chi connectivity index (χ1v) is 11.1. The normalized spacial score (nSPS) is 18.4. The Balaban J connectivity index is 1.28. The van der Waals surface area contributed by atoms with Crippen LogP contribution in [-0.2, 0) is 14.3 Å². The predicted octanol–water partition coefficient (Wildman–Crippen LogP) is 3.15. The number of carbonyl (C=O) groups is 3. The first kappa shape index (κ1) is 22.4. The third-order valence-corrected chi connectivity index (χ3v) is 6.39. The van der Waals surface area contributed by atoms with E-state index in [4.69, 9.17) is 9.84 Å². The topological polar surface area (TPSA) is 105 Å². The molecule has 2 aliphatic carbocycles. The number of alkyl carbamates (subject to hydrolysis) is 1. The van der Waals surface area contributed by atoms with Gasteiger partial charge in [-0.2, -0.15) is 0 Å². The van der Waals surface area contributed by atoms with Crippen molar-refractivity contribution in [1.82, 2.24) is 10.6 Å². The number of carbonyl (C=O) groups excluding carboxylic acids is 2. The second-order valence-corrected chi connectivity index (χ2v) is 8.33. The number of nitrogens with one attached hydrogen (secondary N) is 2. The Morgan fingerprint density at radius 2 is 1.64 bits per heavy atom.